The molecule has 0 radical (unpaired) electrons. The van der Waals surface area contributed by atoms with Crippen LogP contribution < -0.4 is 5.32 Å². The first-order valence-electron chi connectivity index (χ1n) is 6.38. The Hall–Kier alpha value is -0.120. The maximum absolute atomic E-state index is 5.23. The highest BCUT2D eigenvalue weighted by atomic mass is 16.5. The summed E-state index contributed by atoms with van der Waals surface area (Å²) in [4.78, 5) is 2.58. The molecule has 1 fully saturated rings. The van der Waals surface area contributed by atoms with Crippen LogP contribution in [0.15, 0.2) is 0 Å². The van der Waals surface area contributed by atoms with E-state index in [4.69, 9.17) is 4.74 Å². The fourth-order valence-corrected chi connectivity index (χ4v) is 2.53. The first-order valence-corrected chi connectivity index (χ1v) is 6.38. The highest BCUT2D eigenvalue weighted by molar-refractivity contribution is 4.86. The van der Waals surface area contributed by atoms with Crippen molar-refractivity contribution in [1.82, 2.24) is 10.2 Å². The Morgan fingerprint density at radius 1 is 1.50 bits per heavy atom. The number of hydrogen-bond donors (Lipinski definition) is 1. The molecule has 96 valence electrons. The summed E-state index contributed by atoms with van der Waals surface area (Å²) in [5, 5.41) is 3.36. The van der Waals surface area contributed by atoms with Crippen molar-refractivity contribution < 1.29 is 4.74 Å². The zero-order chi connectivity index (χ0) is 12.2. The topological polar surface area (TPSA) is 24.5 Å². The summed E-state index contributed by atoms with van der Waals surface area (Å²) in [5.41, 5.74) is 0.330. The minimum absolute atomic E-state index is 0.330. The van der Waals surface area contributed by atoms with Gasteiger partial charge in [0.15, 0.2) is 0 Å². The van der Waals surface area contributed by atoms with Crippen molar-refractivity contribution >= 4 is 0 Å². The molecule has 0 aromatic rings. The van der Waals surface area contributed by atoms with Gasteiger partial charge in [0.05, 0.1) is 6.61 Å². The zero-order valence-corrected chi connectivity index (χ0v) is 11.5. The van der Waals surface area contributed by atoms with Crippen molar-refractivity contribution in [3.63, 3.8) is 0 Å². The minimum Gasteiger partial charge on any atom is -0.384 e. The number of nitrogens with one attached hydrogen (secondary N) is 1. The van der Waals surface area contributed by atoms with Gasteiger partial charge in [-0.25, -0.2) is 0 Å². The number of ether oxygens (including phenoxy) is 1. The number of rotatable bonds is 6. The van der Waals surface area contributed by atoms with Crippen LogP contribution in [0.3, 0.4) is 0 Å². The average Bonchev–Trinajstić information content (AvgIpc) is 2.64. The maximum atomic E-state index is 5.23. The van der Waals surface area contributed by atoms with Crippen LogP contribution >= 0.6 is 0 Å². The maximum Gasteiger partial charge on any atom is 0.0503 e. The van der Waals surface area contributed by atoms with Crippen LogP contribution in [-0.4, -0.2) is 51.3 Å². The van der Waals surface area contributed by atoms with E-state index >= 15 is 0 Å². The van der Waals surface area contributed by atoms with E-state index in [1.165, 1.54) is 26.1 Å². The second-order valence-corrected chi connectivity index (χ2v) is 5.84. The standard InChI is InChI=1S/C13H28N2O/c1-11(14-4)13(2,3)10-15-7-6-12(8-15)9-16-5/h11-12,14H,6-10H2,1-5H3. The Balaban J connectivity index is 2.38. The van der Waals surface area contributed by atoms with Crippen LogP contribution in [0.4, 0.5) is 0 Å². The number of hydrogen-bond acceptors (Lipinski definition) is 3. The van der Waals surface area contributed by atoms with E-state index < -0.39 is 0 Å². The quantitative estimate of drug-likeness (QED) is 0.747. The van der Waals surface area contributed by atoms with Crippen molar-refractivity contribution in [2.24, 2.45) is 11.3 Å². The third-order valence-corrected chi connectivity index (χ3v) is 4.01. The molecule has 1 aliphatic heterocycles. The van der Waals surface area contributed by atoms with E-state index in [-0.39, 0.29) is 0 Å². The first-order chi connectivity index (χ1) is 7.49. The predicted octanol–water partition coefficient (Wildman–Crippen LogP) is 1.59. The van der Waals surface area contributed by atoms with Gasteiger partial charge in [0.1, 0.15) is 0 Å². The summed E-state index contributed by atoms with van der Waals surface area (Å²) in [6.07, 6.45) is 1.29. The second kappa shape index (κ2) is 5.99. The molecule has 1 rings (SSSR count). The fraction of sp³-hybridized carbons (Fsp3) is 1.00. The van der Waals surface area contributed by atoms with Crippen molar-refractivity contribution in [3.8, 4) is 0 Å². The highest BCUT2D eigenvalue weighted by Crippen LogP contribution is 2.25. The van der Waals surface area contributed by atoms with Gasteiger partial charge < -0.3 is 15.0 Å². The van der Waals surface area contributed by atoms with Gasteiger partial charge in [-0.1, -0.05) is 13.8 Å². The molecule has 3 nitrogen and oxygen atoms in total. The van der Waals surface area contributed by atoms with Crippen LogP contribution in [0.25, 0.3) is 0 Å². The van der Waals surface area contributed by atoms with Crippen LogP contribution in [0.5, 0.6) is 0 Å². The fourth-order valence-electron chi connectivity index (χ4n) is 2.53. The van der Waals surface area contributed by atoms with Gasteiger partial charge >= 0.3 is 0 Å². The molecule has 16 heavy (non-hydrogen) atoms. The third kappa shape index (κ3) is 3.72. The molecule has 2 atom stereocenters. The minimum atomic E-state index is 0.330. The van der Waals surface area contributed by atoms with Crippen molar-refractivity contribution in [2.45, 2.75) is 33.2 Å². The van der Waals surface area contributed by atoms with Crippen molar-refractivity contribution in [2.75, 3.05) is 40.4 Å². The van der Waals surface area contributed by atoms with Crippen LogP contribution in [0, 0.1) is 11.3 Å². The SMILES string of the molecule is CNC(C)C(C)(C)CN1CCC(COC)C1. The molecule has 0 bridgehead atoms. The molecule has 3 heteroatoms. The molecule has 0 saturated carbocycles. The Bertz CT molecular complexity index is 206. The molecule has 1 saturated heterocycles. The highest BCUT2D eigenvalue weighted by Gasteiger charge is 2.31. The summed E-state index contributed by atoms with van der Waals surface area (Å²) in [6, 6.07) is 0.550. The second-order valence-electron chi connectivity index (χ2n) is 5.84. The van der Waals surface area contributed by atoms with Crippen LogP contribution in [0.2, 0.25) is 0 Å². The van der Waals surface area contributed by atoms with E-state index in [0.717, 1.165) is 12.5 Å². The number of methoxy groups -OCH3 is 1. The normalized spacial score (nSPS) is 24.9. The van der Waals surface area contributed by atoms with E-state index in [9.17, 15) is 0 Å². The molecule has 0 aromatic carbocycles. The molecule has 1 N–H and O–H groups in total. The number of nitrogens with zero attached hydrogens (tertiary/aromatic N) is 1. The molecule has 0 aromatic heterocycles. The van der Waals surface area contributed by atoms with Crippen molar-refractivity contribution in [3.05, 3.63) is 0 Å². The van der Waals surface area contributed by atoms with E-state index in [1.54, 1.807) is 7.11 Å². The predicted molar refractivity (Wildman–Crippen MR) is 68.7 cm³/mol. The van der Waals surface area contributed by atoms with Gasteiger partial charge in [0.25, 0.3) is 0 Å². The number of likely N-dealkylation sites (tertiary alicyclic amines) is 1. The lowest BCUT2D eigenvalue weighted by Crippen LogP contribution is -2.45. The molecule has 2 unspecified atom stereocenters. The largest absolute Gasteiger partial charge is 0.384 e. The molecule has 1 aliphatic rings. The van der Waals surface area contributed by atoms with Crippen LogP contribution in [0.1, 0.15) is 27.2 Å². The van der Waals surface area contributed by atoms with Gasteiger partial charge in [-0.15, -0.1) is 0 Å². The average molecular weight is 228 g/mol. The Morgan fingerprint density at radius 3 is 2.75 bits per heavy atom. The zero-order valence-electron chi connectivity index (χ0n) is 11.5. The third-order valence-electron chi connectivity index (χ3n) is 4.01. The van der Waals surface area contributed by atoms with E-state index in [1.807, 2.05) is 7.05 Å². The lowest BCUT2D eigenvalue weighted by Gasteiger charge is -2.35. The summed E-state index contributed by atoms with van der Waals surface area (Å²) < 4.78 is 5.23. The monoisotopic (exact) mass is 228 g/mol. The summed E-state index contributed by atoms with van der Waals surface area (Å²) in [6.45, 7) is 11.5. The lowest BCUT2D eigenvalue weighted by atomic mass is 9.85. The molecule has 0 amide bonds. The summed E-state index contributed by atoms with van der Waals surface area (Å²) in [5.74, 6) is 0.741. The molecular formula is C13H28N2O. The van der Waals surface area contributed by atoms with Gasteiger partial charge in [-0.3, -0.25) is 0 Å². The first kappa shape index (κ1) is 13.9. The van der Waals surface area contributed by atoms with Crippen molar-refractivity contribution in [1.29, 1.82) is 0 Å². The van der Waals surface area contributed by atoms with Gasteiger partial charge in [-0.2, -0.15) is 0 Å². The lowest BCUT2D eigenvalue weighted by molar-refractivity contribution is 0.136. The Labute approximate surface area is 101 Å². The smallest absolute Gasteiger partial charge is 0.0503 e. The Kier molecular flexibility index (Phi) is 5.22. The van der Waals surface area contributed by atoms with Crippen LogP contribution in [-0.2, 0) is 4.74 Å². The molecule has 1 heterocycles. The molecule has 0 aliphatic carbocycles. The van der Waals surface area contributed by atoms with Gasteiger partial charge in [0, 0.05) is 26.2 Å². The molecule has 0 spiro atoms. The van der Waals surface area contributed by atoms with E-state index in [2.05, 4.69) is 31.0 Å². The van der Waals surface area contributed by atoms with E-state index in [0.29, 0.717) is 11.5 Å². The Morgan fingerprint density at radius 2 is 2.19 bits per heavy atom. The summed E-state index contributed by atoms with van der Waals surface area (Å²) in [7, 11) is 3.85. The summed E-state index contributed by atoms with van der Waals surface area (Å²) >= 11 is 0. The van der Waals surface area contributed by atoms with Gasteiger partial charge in [-0.05, 0) is 38.3 Å². The molecular weight excluding hydrogens is 200 g/mol. The van der Waals surface area contributed by atoms with Gasteiger partial charge in [0.2, 0.25) is 0 Å².